The summed E-state index contributed by atoms with van der Waals surface area (Å²) in [6.07, 6.45) is 1.59. The number of nitrogens with one attached hydrogen (secondary N) is 1. The molecule has 3 rings (SSSR count). The van der Waals surface area contributed by atoms with E-state index in [1.165, 1.54) is 0 Å². The van der Waals surface area contributed by atoms with Gasteiger partial charge in [-0.2, -0.15) is 5.10 Å². The summed E-state index contributed by atoms with van der Waals surface area (Å²) in [6.45, 7) is 10.6. The fourth-order valence-corrected chi connectivity index (χ4v) is 3.12. The highest BCUT2D eigenvalue weighted by molar-refractivity contribution is 5.74. The number of aromatic nitrogens is 3. The number of aryl methyl sites for hydroxylation is 2. The molecular weight excluding hydrogens is 320 g/mol. The molecule has 1 unspecified atom stereocenters. The Balaban J connectivity index is 1.43. The molecule has 0 bridgehead atoms. The fourth-order valence-electron chi connectivity index (χ4n) is 3.12. The van der Waals surface area contributed by atoms with E-state index in [0.717, 1.165) is 49.8 Å². The van der Waals surface area contributed by atoms with Crippen molar-refractivity contribution < 1.29 is 9.32 Å². The second-order valence-electron chi connectivity index (χ2n) is 6.71. The second-order valence-corrected chi connectivity index (χ2v) is 6.71. The van der Waals surface area contributed by atoms with Crippen molar-refractivity contribution in [2.45, 2.75) is 39.9 Å². The van der Waals surface area contributed by atoms with Crippen LogP contribution in [-0.4, -0.2) is 63.0 Å². The number of carbonyl (C=O) groups is 1. The van der Waals surface area contributed by atoms with Gasteiger partial charge in [0.15, 0.2) is 0 Å². The SMILES string of the molecule is Cc1cc(C)n(CC(C)NC(=O)N2CCN(Cc3ccon3)CC2)n1. The predicted octanol–water partition coefficient (Wildman–Crippen LogP) is 1.40. The number of rotatable bonds is 5. The first-order chi connectivity index (χ1) is 12.0. The van der Waals surface area contributed by atoms with Crippen molar-refractivity contribution in [1.82, 2.24) is 30.1 Å². The largest absolute Gasteiger partial charge is 0.364 e. The molecule has 2 amide bonds. The molecule has 8 heteroatoms. The zero-order chi connectivity index (χ0) is 17.8. The summed E-state index contributed by atoms with van der Waals surface area (Å²) in [7, 11) is 0. The van der Waals surface area contributed by atoms with E-state index in [-0.39, 0.29) is 12.1 Å². The molecule has 136 valence electrons. The Morgan fingerprint density at radius 2 is 2.08 bits per heavy atom. The lowest BCUT2D eigenvalue weighted by Gasteiger charge is -2.34. The van der Waals surface area contributed by atoms with Crippen molar-refractivity contribution in [2.75, 3.05) is 26.2 Å². The molecule has 1 atom stereocenters. The van der Waals surface area contributed by atoms with E-state index in [2.05, 4.69) is 20.5 Å². The molecule has 1 fully saturated rings. The first kappa shape index (κ1) is 17.5. The Morgan fingerprint density at radius 1 is 1.32 bits per heavy atom. The zero-order valence-electron chi connectivity index (χ0n) is 15.1. The Labute approximate surface area is 147 Å². The lowest BCUT2D eigenvalue weighted by atomic mass is 10.3. The molecular formula is C17H26N6O2. The summed E-state index contributed by atoms with van der Waals surface area (Å²) in [5.74, 6) is 0. The molecule has 1 N–H and O–H groups in total. The average molecular weight is 346 g/mol. The quantitative estimate of drug-likeness (QED) is 0.885. The normalized spacial score (nSPS) is 16.8. The third-order valence-corrected chi connectivity index (χ3v) is 4.46. The molecule has 0 aliphatic carbocycles. The zero-order valence-corrected chi connectivity index (χ0v) is 15.1. The van der Waals surface area contributed by atoms with Crippen LogP contribution in [0.15, 0.2) is 22.9 Å². The number of amides is 2. The van der Waals surface area contributed by atoms with Crippen LogP contribution in [0.3, 0.4) is 0 Å². The Morgan fingerprint density at radius 3 is 2.68 bits per heavy atom. The van der Waals surface area contributed by atoms with Crippen LogP contribution in [0.5, 0.6) is 0 Å². The minimum Gasteiger partial charge on any atom is -0.364 e. The predicted molar refractivity (Wildman–Crippen MR) is 93.0 cm³/mol. The van der Waals surface area contributed by atoms with Crippen molar-refractivity contribution in [3.8, 4) is 0 Å². The molecule has 0 saturated carbocycles. The number of hydrogen-bond acceptors (Lipinski definition) is 5. The molecule has 0 radical (unpaired) electrons. The van der Waals surface area contributed by atoms with Crippen molar-refractivity contribution in [3.63, 3.8) is 0 Å². The molecule has 25 heavy (non-hydrogen) atoms. The lowest BCUT2D eigenvalue weighted by Crippen LogP contribution is -2.53. The van der Waals surface area contributed by atoms with Gasteiger partial charge in [-0.3, -0.25) is 9.58 Å². The number of hydrogen-bond donors (Lipinski definition) is 1. The molecule has 8 nitrogen and oxygen atoms in total. The van der Waals surface area contributed by atoms with Gasteiger partial charge in [-0.05, 0) is 26.8 Å². The summed E-state index contributed by atoms with van der Waals surface area (Å²) in [5, 5.41) is 11.5. The molecule has 0 spiro atoms. The van der Waals surface area contributed by atoms with Gasteiger partial charge < -0.3 is 14.7 Å². The van der Waals surface area contributed by atoms with Crippen LogP contribution in [0.2, 0.25) is 0 Å². The van der Waals surface area contributed by atoms with Gasteiger partial charge >= 0.3 is 6.03 Å². The van der Waals surface area contributed by atoms with Gasteiger partial charge in [0.1, 0.15) is 6.26 Å². The fraction of sp³-hybridized carbons (Fsp3) is 0.588. The molecule has 0 aromatic carbocycles. The van der Waals surface area contributed by atoms with E-state index >= 15 is 0 Å². The van der Waals surface area contributed by atoms with Crippen LogP contribution < -0.4 is 5.32 Å². The lowest BCUT2D eigenvalue weighted by molar-refractivity contribution is 0.131. The Bertz CT molecular complexity index is 688. The van der Waals surface area contributed by atoms with Crippen molar-refractivity contribution in [2.24, 2.45) is 0 Å². The van der Waals surface area contributed by atoms with Gasteiger partial charge in [-0.15, -0.1) is 0 Å². The summed E-state index contributed by atoms with van der Waals surface area (Å²) in [6, 6.07) is 3.94. The third kappa shape index (κ3) is 4.60. The van der Waals surface area contributed by atoms with Gasteiger partial charge in [0.05, 0.1) is 17.9 Å². The van der Waals surface area contributed by atoms with Gasteiger partial charge in [0.25, 0.3) is 0 Å². The van der Waals surface area contributed by atoms with Crippen molar-refractivity contribution in [3.05, 3.63) is 35.5 Å². The summed E-state index contributed by atoms with van der Waals surface area (Å²) in [5.41, 5.74) is 3.04. The van der Waals surface area contributed by atoms with Crippen LogP contribution in [0.25, 0.3) is 0 Å². The topological polar surface area (TPSA) is 79.4 Å². The van der Waals surface area contributed by atoms with Crippen LogP contribution >= 0.6 is 0 Å². The molecule has 3 heterocycles. The summed E-state index contributed by atoms with van der Waals surface area (Å²) in [4.78, 5) is 16.6. The van der Waals surface area contributed by atoms with Gasteiger partial charge in [-0.1, -0.05) is 5.16 Å². The van der Waals surface area contributed by atoms with Crippen LogP contribution in [-0.2, 0) is 13.1 Å². The molecule has 1 aliphatic heterocycles. The maximum absolute atomic E-state index is 12.5. The van der Waals surface area contributed by atoms with E-state index in [0.29, 0.717) is 6.54 Å². The van der Waals surface area contributed by atoms with E-state index in [9.17, 15) is 4.79 Å². The van der Waals surface area contributed by atoms with E-state index < -0.39 is 0 Å². The number of urea groups is 1. The van der Waals surface area contributed by atoms with Gasteiger partial charge in [0.2, 0.25) is 0 Å². The first-order valence-corrected chi connectivity index (χ1v) is 8.69. The standard InChI is InChI=1S/C17H26N6O2/c1-13-10-15(3)23(19-13)11-14(2)18-17(24)22-7-5-21(6-8-22)12-16-4-9-25-20-16/h4,9-10,14H,5-8,11-12H2,1-3H3,(H,18,24). The maximum atomic E-state index is 12.5. The average Bonchev–Trinajstić information content (AvgIpc) is 3.18. The highest BCUT2D eigenvalue weighted by atomic mass is 16.5. The van der Waals surface area contributed by atoms with E-state index in [4.69, 9.17) is 4.52 Å². The van der Waals surface area contributed by atoms with Gasteiger partial charge in [0, 0.05) is 50.5 Å². The Hall–Kier alpha value is -2.35. The number of carbonyl (C=O) groups excluding carboxylic acids is 1. The monoisotopic (exact) mass is 346 g/mol. The molecule has 2 aromatic rings. The third-order valence-electron chi connectivity index (χ3n) is 4.46. The molecule has 2 aromatic heterocycles. The minimum atomic E-state index is -0.00452. The molecule has 1 saturated heterocycles. The highest BCUT2D eigenvalue weighted by Crippen LogP contribution is 2.08. The second kappa shape index (κ2) is 7.69. The first-order valence-electron chi connectivity index (χ1n) is 8.69. The Kier molecular flexibility index (Phi) is 5.37. The number of piperazine rings is 1. The maximum Gasteiger partial charge on any atom is 0.317 e. The van der Waals surface area contributed by atoms with Gasteiger partial charge in [-0.25, -0.2) is 4.79 Å². The summed E-state index contributed by atoms with van der Waals surface area (Å²) >= 11 is 0. The highest BCUT2D eigenvalue weighted by Gasteiger charge is 2.22. The minimum absolute atomic E-state index is 0.00452. The smallest absolute Gasteiger partial charge is 0.317 e. The van der Waals surface area contributed by atoms with Crippen molar-refractivity contribution >= 4 is 6.03 Å². The van der Waals surface area contributed by atoms with Crippen LogP contribution in [0.4, 0.5) is 4.79 Å². The van der Waals surface area contributed by atoms with E-state index in [1.807, 2.05) is 42.5 Å². The van der Waals surface area contributed by atoms with E-state index in [1.54, 1.807) is 6.26 Å². The number of nitrogens with zero attached hydrogens (tertiary/aromatic N) is 5. The van der Waals surface area contributed by atoms with Crippen molar-refractivity contribution in [1.29, 1.82) is 0 Å². The van der Waals surface area contributed by atoms with Crippen LogP contribution in [0.1, 0.15) is 24.0 Å². The van der Waals surface area contributed by atoms with Crippen LogP contribution in [0, 0.1) is 13.8 Å². The molecule has 1 aliphatic rings. The summed E-state index contributed by atoms with van der Waals surface area (Å²) < 4.78 is 6.80.